The normalized spacial score (nSPS) is 15.8. The Hall–Kier alpha value is -1.61. The van der Waals surface area contributed by atoms with Gasteiger partial charge in [0.25, 0.3) is 0 Å². The quantitative estimate of drug-likeness (QED) is 0.938. The summed E-state index contributed by atoms with van der Waals surface area (Å²) in [6.07, 6.45) is 4.82. The summed E-state index contributed by atoms with van der Waals surface area (Å²) in [5.41, 5.74) is 13.0. The highest BCUT2D eigenvalue weighted by Gasteiger charge is 2.20. The van der Waals surface area contributed by atoms with Crippen LogP contribution in [0, 0.1) is 20.8 Å². The number of fused-ring (bicyclic) bond motifs is 1. The molecular formula is C18H25N3. The molecule has 0 saturated heterocycles. The summed E-state index contributed by atoms with van der Waals surface area (Å²) in [6, 6.07) is 6.57. The summed E-state index contributed by atoms with van der Waals surface area (Å²) in [7, 11) is 0. The van der Waals surface area contributed by atoms with Gasteiger partial charge >= 0.3 is 0 Å². The lowest BCUT2D eigenvalue weighted by molar-refractivity contribution is 0.531. The van der Waals surface area contributed by atoms with E-state index in [0.29, 0.717) is 0 Å². The minimum Gasteiger partial charge on any atom is -0.330 e. The van der Waals surface area contributed by atoms with Crippen LogP contribution < -0.4 is 5.73 Å². The summed E-state index contributed by atoms with van der Waals surface area (Å²) in [4.78, 5) is 4.75. The molecule has 0 amide bonds. The Balaban J connectivity index is 1.89. The average molecular weight is 283 g/mol. The molecule has 0 radical (unpaired) electrons. The average Bonchev–Trinajstić information content (AvgIpc) is 2.78. The molecule has 2 N–H and O–H groups in total. The molecule has 0 spiro atoms. The van der Waals surface area contributed by atoms with Gasteiger partial charge in [-0.2, -0.15) is 0 Å². The highest BCUT2D eigenvalue weighted by Crippen LogP contribution is 2.25. The van der Waals surface area contributed by atoms with Gasteiger partial charge < -0.3 is 10.3 Å². The van der Waals surface area contributed by atoms with Gasteiger partial charge in [-0.05, 0) is 57.6 Å². The van der Waals surface area contributed by atoms with Gasteiger partial charge in [0.2, 0.25) is 0 Å². The first-order valence-corrected chi connectivity index (χ1v) is 7.94. The summed E-state index contributed by atoms with van der Waals surface area (Å²) in [6.45, 7) is 7.21. The van der Waals surface area contributed by atoms with Crippen LogP contribution in [0.1, 0.15) is 52.8 Å². The first kappa shape index (κ1) is 14.3. The zero-order chi connectivity index (χ0) is 15.0. The Bertz CT molecular complexity index is 655. The largest absolute Gasteiger partial charge is 0.330 e. The van der Waals surface area contributed by atoms with Crippen molar-refractivity contribution >= 4 is 0 Å². The van der Waals surface area contributed by atoms with Crippen LogP contribution in [0.15, 0.2) is 18.2 Å². The molecule has 1 heterocycles. The number of hydrogen-bond acceptors (Lipinski definition) is 2. The number of aryl methyl sites for hydroxylation is 4. The van der Waals surface area contributed by atoms with Crippen molar-refractivity contribution < 1.29 is 0 Å². The molecule has 3 nitrogen and oxygen atoms in total. The topological polar surface area (TPSA) is 43.8 Å². The van der Waals surface area contributed by atoms with E-state index in [2.05, 4.69) is 43.5 Å². The van der Waals surface area contributed by atoms with E-state index in [-0.39, 0.29) is 6.04 Å². The van der Waals surface area contributed by atoms with Crippen molar-refractivity contribution in [3.8, 4) is 0 Å². The Morgan fingerprint density at radius 3 is 2.76 bits per heavy atom. The van der Waals surface area contributed by atoms with E-state index in [4.69, 9.17) is 10.7 Å². The molecule has 1 atom stereocenters. The molecule has 2 aromatic rings. The number of nitrogens with zero attached hydrogens (tertiary/aromatic N) is 2. The number of aromatic nitrogens is 2. The van der Waals surface area contributed by atoms with Crippen molar-refractivity contribution in [1.29, 1.82) is 0 Å². The van der Waals surface area contributed by atoms with Gasteiger partial charge in [0.05, 0.1) is 5.69 Å². The number of benzene rings is 1. The zero-order valence-electron chi connectivity index (χ0n) is 13.3. The van der Waals surface area contributed by atoms with Crippen LogP contribution in [-0.4, -0.2) is 9.55 Å². The van der Waals surface area contributed by atoms with Gasteiger partial charge in [-0.3, -0.25) is 0 Å². The molecule has 0 aliphatic heterocycles. The minimum absolute atomic E-state index is 0.0313. The maximum atomic E-state index is 6.51. The van der Waals surface area contributed by atoms with Crippen LogP contribution >= 0.6 is 0 Å². The van der Waals surface area contributed by atoms with E-state index < -0.39 is 0 Å². The fourth-order valence-electron chi connectivity index (χ4n) is 3.43. The van der Waals surface area contributed by atoms with Crippen molar-refractivity contribution in [2.24, 2.45) is 5.73 Å². The predicted molar refractivity (Wildman–Crippen MR) is 86.5 cm³/mol. The van der Waals surface area contributed by atoms with E-state index in [1.807, 2.05) is 0 Å². The van der Waals surface area contributed by atoms with Gasteiger partial charge in [-0.25, -0.2) is 4.98 Å². The summed E-state index contributed by atoms with van der Waals surface area (Å²) < 4.78 is 2.35. The second-order valence-corrected chi connectivity index (χ2v) is 6.34. The van der Waals surface area contributed by atoms with Crippen molar-refractivity contribution in [1.82, 2.24) is 9.55 Å². The van der Waals surface area contributed by atoms with Crippen LogP contribution in [0.4, 0.5) is 0 Å². The predicted octanol–water partition coefficient (Wildman–Crippen LogP) is 3.39. The standard InChI is InChI=1S/C18H25N3/c1-12-8-9-13(2)15(10-12)16(19)11-21-14(3)20-17-6-4-5-7-18(17)21/h8-10,16H,4-7,11,19H2,1-3H3. The van der Waals surface area contributed by atoms with Gasteiger partial charge in [-0.1, -0.05) is 23.8 Å². The van der Waals surface area contributed by atoms with E-state index >= 15 is 0 Å². The maximum absolute atomic E-state index is 6.51. The highest BCUT2D eigenvalue weighted by atomic mass is 15.1. The van der Waals surface area contributed by atoms with Gasteiger partial charge in [-0.15, -0.1) is 0 Å². The number of nitrogens with two attached hydrogens (primary N) is 1. The lowest BCUT2D eigenvalue weighted by Gasteiger charge is -2.20. The molecule has 1 aromatic carbocycles. The summed E-state index contributed by atoms with van der Waals surface area (Å²) in [5.74, 6) is 1.11. The highest BCUT2D eigenvalue weighted by molar-refractivity contribution is 5.33. The first-order valence-electron chi connectivity index (χ1n) is 7.94. The molecule has 21 heavy (non-hydrogen) atoms. The molecule has 3 rings (SSSR count). The Morgan fingerprint density at radius 2 is 1.95 bits per heavy atom. The molecule has 1 aromatic heterocycles. The molecule has 112 valence electrons. The van der Waals surface area contributed by atoms with Crippen molar-refractivity contribution in [3.63, 3.8) is 0 Å². The molecular weight excluding hydrogens is 258 g/mol. The fraction of sp³-hybridized carbons (Fsp3) is 0.500. The van der Waals surface area contributed by atoms with Gasteiger partial charge in [0, 0.05) is 18.3 Å². The van der Waals surface area contributed by atoms with E-state index in [9.17, 15) is 0 Å². The van der Waals surface area contributed by atoms with E-state index in [1.54, 1.807) is 0 Å². The fourth-order valence-corrected chi connectivity index (χ4v) is 3.43. The second kappa shape index (κ2) is 5.64. The summed E-state index contributed by atoms with van der Waals surface area (Å²) in [5, 5.41) is 0. The Kier molecular flexibility index (Phi) is 3.85. The Labute approximate surface area is 127 Å². The second-order valence-electron chi connectivity index (χ2n) is 6.34. The van der Waals surface area contributed by atoms with Crippen LogP contribution in [0.25, 0.3) is 0 Å². The van der Waals surface area contributed by atoms with Crippen LogP contribution in [-0.2, 0) is 19.4 Å². The smallest absolute Gasteiger partial charge is 0.106 e. The molecule has 0 fully saturated rings. The van der Waals surface area contributed by atoms with Gasteiger partial charge in [0.15, 0.2) is 0 Å². The maximum Gasteiger partial charge on any atom is 0.106 e. The monoisotopic (exact) mass is 283 g/mol. The third kappa shape index (κ3) is 2.75. The Morgan fingerprint density at radius 1 is 1.19 bits per heavy atom. The van der Waals surface area contributed by atoms with Crippen molar-refractivity contribution in [2.45, 2.75) is 59.0 Å². The van der Waals surface area contributed by atoms with E-state index in [0.717, 1.165) is 25.2 Å². The number of imidazole rings is 1. The zero-order valence-corrected chi connectivity index (χ0v) is 13.3. The first-order chi connectivity index (χ1) is 10.1. The van der Waals surface area contributed by atoms with Crippen LogP contribution in [0.2, 0.25) is 0 Å². The molecule has 1 aliphatic rings. The summed E-state index contributed by atoms with van der Waals surface area (Å²) >= 11 is 0. The molecule has 1 unspecified atom stereocenters. The molecule has 1 aliphatic carbocycles. The minimum atomic E-state index is 0.0313. The molecule has 3 heteroatoms. The molecule has 0 bridgehead atoms. The number of hydrogen-bond donors (Lipinski definition) is 1. The van der Waals surface area contributed by atoms with Gasteiger partial charge in [0.1, 0.15) is 5.82 Å². The lowest BCUT2D eigenvalue weighted by atomic mass is 9.98. The van der Waals surface area contributed by atoms with Crippen molar-refractivity contribution in [3.05, 3.63) is 52.1 Å². The molecule has 0 saturated carbocycles. The number of rotatable bonds is 3. The third-order valence-electron chi connectivity index (χ3n) is 4.64. The SMILES string of the molecule is Cc1ccc(C)c(C(N)Cn2c(C)nc3c2CCCC3)c1. The van der Waals surface area contributed by atoms with Crippen LogP contribution in [0.5, 0.6) is 0 Å². The lowest BCUT2D eigenvalue weighted by Crippen LogP contribution is -2.21. The third-order valence-corrected chi connectivity index (χ3v) is 4.64. The van der Waals surface area contributed by atoms with Crippen molar-refractivity contribution in [2.75, 3.05) is 0 Å². The van der Waals surface area contributed by atoms with E-state index in [1.165, 1.54) is 40.9 Å². The van der Waals surface area contributed by atoms with Crippen LogP contribution in [0.3, 0.4) is 0 Å².